The Morgan fingerprint density at radius 2 is 1.33 bits per heavy atom. The third-order valence-corrected chi connectivity index (χ3v) is 0.333. The van der Waals surface area contributed by atoms with Gasteiger partial charge in [0.25, 0.3) is 0 Å². The molecule has 0 rings (SSSR count). The standard InChI is InChI=1S/C5H8.H3O3P/c1-3-5-4-2;1-4(2)3/h3-4H,1-2,5H2;1-3H. The molecule has 9 heavy (non-hydrogen) atoms. The van der Waals surface area contributed by atoms with Crippen molar-refractivity contribution in [2.45, 2.75) is 6.42 Å². The van der Waals surface area contributed by atoms with Gasteiger partial charge in [0.2, 0.25) is 0 Å². The molecule has 0 aromatic carbocycles. The summed E-state index contributed by atoms with van der Waals surface area (Å²) >= 11 is 0. The van der Waals surface area contributed by atoms with Crippen molar-refractivity contribution in [3.63, 3.8) is 0 Å². The second-order valence-electron chi connectivity index (χ2n) is 1.08. The Hall–Kier alpha value is -0.210. The Balaban J connectivity index is 0. The lowest BCUT2D eigenvalue weighted by atomic mass is 10.4. The first kappa shape index (κ1) is 11.6. The van der Waals surface area contributed by atoms with Gasteiger partial charge in [0.15, 0.2) is 0 Å². The zero-order chi connectivity index (χ0) is 7.70. The van der Waals surface area contributed by atoms with E-state index in [1.165, 1.54) is 0 Å². The van der Waals surface area contributed by atoms with Gasteiger partial charge in [-0.3, -0.25) is 0 Å². The molecular formula is C5H11O3P. The molecule has 0 amide bonds. The second kappa shape index (κ2) is 10.7. The summed E-state index contributed by atoms with van der Waals surface area (Å²) in [4.78, 5) is 21.7. The van der Waals surface area contributed by atoms with Gasteiger partial charge in [-0.25, -0.2) is 0 Å². The predicted molar refractivity (Wildman–Crippen MR) is 38.6 cm³/mol. The minimum Gasteiger partial charge on any atom is -0.328 e. The predicted octanol–water partition coefficient (Wildman–Crippen LogP) is 0.939. The van der Waals surface area contributed by atoms with Crippen LogP contribution in [0.2, 0.25) is 0 Å². The van der Waals surface area contributed by atoms with E-state index in [4.69, 9.17) is 14.7 Å². The Bertz CT molecular complexity index is 63.8. The summed E-state index contributed by atoms with van der Waals surface area (Å²) in [5.74, 6) is 0. The quantitative estimate of drug-likeness (QED) is 0.405. The zero-order valence-electron chi connectivity index (χ0n) is 5.06. The lowest BCUT2D eigenvalue weighted by molar-refractivity contribution is 0.368. The molecular weight excluding hydrogens is 139 g/mol. The second-order valence-corrected chi connectivity index (χ2v) is 1.62. The maximum absolute atomic E-state index is 7.23. The summed E-state index contributed by atoms with van der Waals surface area (Å²) in [6.45, 7) is 6.96. The lowest BCUT2D eigenvalue weighted by Crippen LogP contribution is -1.54. The van der Waals surface area contributed by atoms with E-state index in [-0.39, 0.29) is 0 Å². The molecule has 4 heteroatoms. The van der Waals surface area contributed by atoms with Crippen LogP contribution in [0, 0.1) is 0 Å². The van der Waals surface area contributed by atoms with Crippen molar-refractivity contribution < 1.29 is 14.7 Å². The summed E-state index contributed by atoms with van der Waals surface area (Å²) in [5.41, 5.74) is 0. The van der Waals surface area contributed by atoms with Gasteiger partial charge in [0.1, 0.15) is 0 Å². The van der Waals surface area contributed by atoms with Gasteiger partial charge < -0.3 is 14.7 Å². The maximum atomic E-state index is 7.23. The summed E-state index contributed by atoms with van der Waals surface area (Å²) in [6.07, 6.45) is 4.54. The molecule has 54 valence electrons. The molecule has 0 aliphatic rings. The smallest absolute Gasteiger partial charge is 0.324 e. The molecule has 3 nitrogen and oxygen atoms in total. The minimum atomic E-state index is -2.62. The Morgan fingerprint density at radius 3 is 1.33 bits per heavy atom. The molecule has 0 aliphatic heterocycles. The third-order valence-electron chi connectivity index (χ3n) is 0.333. The summed E-state index contributed by atoms with van der Waals surface area (Å²) in [7, 11) is -2.62. The number of hydrogen-bond acceptors (Lipinski definition) is 3. The topological polar surface area (TPSA) is 60.7 Å². The van der Waals surface area contributed by atoms with Gasteiger partial charge >= 0.3 is 8.60 Å². The first-order valence-electron chi connectivity index (χ1n) is 2.23. The molecule has 0 fully saturated rings. The number of allylic oxidation sites excluding steroid dienone is 2. The first-order chi connectivity index (χ1) is 4.15. The molecule has 0 radical (unpaired) electrons. The van der Waals surface area contributed by atoms with E-state index in [1.807, 2.05) is 12.2 Å². The van der Waals surface area contributed by atoms with Gasteiger partial charge in [-0.2, -0.15) is 0 Å². The minimum absolute atomic E-state index is 0.917. The first-order valence-corrected chi connectivity index (χ1v) is 3.43. The molecule has 0 unspecified atom stereocenters. The number of rotatable bonds is 2. The van der Waals surface area contributed by atoms with Crippen LogP contribution in [0.15, 0.2) is 25.3 Å². The van der Waals surface area contributed by atoms with E-state index in [0.29, 0.717) is 0 Å². The lowest BCUT2D eigenvalue weighted by Gasteiger charge is -1.76. The van der Waals surface area contributed by atoms with Crippen LogP contribution >= 0.6 is 8.60 Å². The monoisotopic (exact) mass is 150 g/mol. The average molecular weight is 150 g/mol. The summed E-state index contributed by atoms with van der Waals surface area (Å²) in [5, 5.41) is 0. The van der Waals surface area contributed by atoms with Crippen LogP contribution in [0.25, 0.3) is 0 Å². The summed E-state index contributed by atoms with van der Waals surface area (Å²) < 4.78 is 0. The van der Waals surface area contributed by atoms with Crippen LogP contribution < -0.4 is 0 Å². The summed E-state index contributed by atoms with van der Waals surface area (Å²) in [6, 6.07) is 0. The fraction of sp³-hybridized carbons (Fsp3) is 0.200. The molecule has 0 heterocycles. The van der Waals surface area contributed by atoms with Gasteiger partial charge in [-0.1, -0.05) is 12.2 Å². The highest BCUT2D eigenvalue weighted by atomic mass is 31.2. The molecule has 0 spiro atoms. The Labute approximate surface area is 56.0 Å². The molecule has 0 aromatic heterocycles. The van der Waals surface area contributed by atoms with Crippen molar-refractivity contribution in [3.05, 3.63) is 25.3 Å². The zero-order valence-corrected chi connectivity index (χ0v) is 5.96. The van der Waals surface area contributed by atoms with Crippen LogP contribution in [0.3, 0.4) is 0 Å². The molecule has 0 aromatic rings. The SMILES string of the molecule is C=CCC=C.OP(O)O. The van der Waals surface area contributed by atoms with E-state index in [2.05, 4.69) is 13.2 Å². The van der Waals surface area contributed by atoms with Crippen LogP contribution in [0.5, 0.6) is 0 Å². The molecule has 3 N–H and O–H groups in total. The normalized spacial score (nSPS) is 7.56. The van der Waals surface area contributed by atoms with Gasteiger partial charge in [-0.15, -0.1) is 13.2 Å². The van der Waals surface area contributed by atoms with E-state index in [9.17, 15) is 0 Å². The van der Waals surface area contributed by atoms with Crippen LogP contribution in [-0.4, -0.2) is 14.7 Å². The fourth-order valence-electron chi connectivity index (χ4n) is 0.118. The van der Waals surface area contributed by atoms with Crippen molar-refractivity contribution in [1.82, 2.24) is 0 Å². The molecule has 0 atom stereocenters. The van der Waals surface area contributed by atoms with Crippen LogP contribution in [-0.2, 0) is 0 Å². The Morgan fingerprint density at radius 1 is 1.11 bits per heavy atom. The highest BCUT2D eigenvalue weighted by Crippen LogP contribution is 2.11. The van der Waals surface area contributed by atoms with Crippen molar-refractivity contribution >= 4 is 8.60 Å². The van der Waals surface area contributed by atoms with Gasteiger partial charge in [0.05, 0.1) is 0 Å². The number of hydrogen-bond donors (Lipinski definition) is 3. The van der Waals surface area contributed by atoms with E-state index < -0.39 is 8.60 Å². The molecule has 0 bridgehead atoms. The molecule has 0 saturated heterocycles. The maximum Gasteiger partial charge on any atom is 0.324 e. The Kier molecular flexibility index (Phi) is 13.8. The van der Waals surface area contributed by atoms with E-state index >= 15 is 0 Å². The van der Waals surface area contributed by atoms with Gasteiger partial charge in [-0.05, 0) is 6.42 Å². The average Bonchev–Trinajstić information content (AvgIpc) is 1.66. The highest BCUT2D eigenvalue weighted by Gasteiger charge is 1.76. The van der Waals surface area contributed by atoms with E-state index in [0.717, 1.165) is 6.42 Å². The van der Waals surface area contributed by atoms with Crippen molar-refractivity contribution in [2.75, 3.05) is 0 Å². The molecule has 0 saturated carbocycles. The van der Waals surface area contributed by atoms with Gasteiger partial charge in [0, 0.05) is 0 Å². The van der Waals surface area contributed by atoms with Crippen LogP contribution in [0.4, 0.5) is 0 Å². The van der Waals surface area contributed by atoms with Crippen LogP contribution in [0.1, 0.15) is 6.42 Å². The highest BCUT2D eigenvalue weighted by molar-refractivity contribution is 7.38. The van der Waals surface area contributed by atoms with E-state index in [1.54, 1.807) is 0 Å². The van der Waals surface area contributed by atoms with Crippen molar-refractivity contribution in [1.29, 1.82) is 0 Å². The van der Waals surface area contributed by atoms with Crippen molar-refractivity contribution in [3.8, 4) is 0 Å². The third kappa shape index (κ3) is 81.5. The molecule has 0 aliphatic carbocycles. The van der Waals surface area contributed by atoms with Crippen molar-refractivity contribution in [2.24, 2.45) is 0 Å². The largest absolute Gasteiger partial charge is 0.328 e. The fourth-order valence-corrected chi connectivity index (χ4v) is 0.118.